The Hall–Kier alpha value is -2.87. The quantitative estimate of drug-likeness (QED) is 0.417. The molecule has 0 spiro atoms. The van der Waals surface area contributed by atoms with Gasteiger partial charge in [0.1, 0.15) is 11.3 Å². The molecule has 4 aromatic rings. The van der Waals surface area contributed by atoms with Crippen LogP contribution < -0.4 is 10.4 Å². The number of rotatable bonds is 4. The highest BCUT2D eigenvalue weighted by molar-refractivity contribution is 7.98. The van der Waals surface area contributed by atoms with Crippen LogP contribution in [0.25, 0.3) is 16.7 Å². The Morgan fingerprint density at radius 3 is 3.08 bits per heavy atom. The molecule has 24 heavy (non-hydrogen) atoms. The van der Waals surface area contributed by atoms with Crippen molar-refractivity contribution in [3.05, 3.63) is 58.7 Å². The van der Waals surface area contributed by atoms with E-state index >= 15 is 0 Å². The van der Waals surface area contributed by atoms with Gasteiger partial charge in [0.2, 0.25) is 5.16 Å². The Labute approximate surface area is 140 Å². The fourth-order valence-electron chi connectivity index (χ4n) is 2.37. The van der Waals surface area contributed by atoms with E-state index in [1.54, 1.807) is 36.2 Å². The Kier molecular flexibility index (Phi) is 3.66. The van der Waals surface area contributed by atoms with Gasteiger partial charge >= 0.3 is 5.63 Å². The Bertz CT molecular complexity index is 1060. The highest BCUT2D eigenvalue weighted by Gasteiger charge is 2.10. The summed E-state index contributed by atoms with van der Waals surface area (Å²) < 4.78 is 12.0. The summed E-state index contributed by atoms with van der Waals surface area (Å²) in [6.07, 6.45) is 3.46. The highest BCUT2D eigenvalue weighted by Crippen LogP contribution is 2.27. The third-order valence-corrected chi connectivity index (χ3v) is 4.38. The molecule has 8 heteroatoms. The Morgan fingerprint density at radius 2 is 2.25 bits per heavy atom. The van der Waals surface area contributed by atoms with Crippen LogP contribution in [0.2, 0.25) is 0 Å². The summed E-state index contributed by atoms with van der Waals surface area (Å²) >= 11 is 1.44. The van der Waals surface area contributed by atoms with E-state index in [2.05, 4.69) is 15.1 Å². The number of ether oxygens (including phenoxy) is 1. The van der Waals surface area contributed by atoms with Crippen molar-refractivity contribution in [2.24, 2.45) is 0 Å². The van der Waals surface area contributed by atoms with E-state index in [-0.39, 0.29) is 0 Å². The molecule has 7 nitrogen and oxygen atoms in total. The molecule has 3 aromatic heterocycles. The molecule has 0 aliphatic heterocycles. The van der Waals surface area contributed by atoms with E-state index in [4.69, 9.17) is 9.15 Å². The predicted octanol–water partition coefficient (Wildman–Crippen LogP) is 2.53. The van der Waals surface area contributed by atoms with Gasteiger partial charge in [-0.05, 0) is 23.8 Å². The summed E-state index contributed by atoms with van der Waals surface area (Å²) in [4.78, 5) is 20.3. The first kappa shape index (κ1) is 14.7. The molecular formula is C16H12N4O3S. The molecule has 0 N–H and O–H groups in total. The number of methoxy groups -OCH3 is 1. The lowest BCUT2D eigenvalue weighted by Gasteiger charge is -2.05. The molecule has 120 valence electrons. The summed E-state index contributed by atoms with van der Waals surface area (Å²) in [5, 5.41) is 5.81. The van der Waals surface area contributed by atoms with Crippen molar-refractivity contribution < 1.29 is 9.15 Å². The summed E-state index contributed by atoms with van der Waals surface area (Å²) in [5.74, 6) is 1.73. The van der Waals surface area contributed by atoms with E-state index in [1.165, 1.54) is 17.8 Å². The fourth-order valence-corrected chi connectivity index (χ4v) is 3.19. The summed E-state index contributed by atoms with van der Waals surface area (Å²) in [7, 11) is 1.57. The maximum absolute atomic E-state index is 11.8. The lowest BCUT2D eigenvalue weighted by Crippen LogP contribution is -2.00. The summed E-state index contributed by atoms with van der Waals surface area (Å²) in [5.41, 5.74) is 0.971. The molecule has 0 unspecified atom stereocenters. The van der Waals surface area contributed by atoms with Gasteiger partial charge in [-0.25, -0.2) is 14.3 Å². The highest BCUT2D eigenvalue weighted by atomic mass is 32.2. The monoisotopic (exact) mass is 340 g/mol. The second kappa shape index (κ2) is 5.97. The van der Waals surface area contributed by atoms with Crippen LogP contribution >= 0.6 is 11.8 Å². The zero-order valence-corrected chi connectivity index (χ0v) is 13.5. The second-order valence-corrected chi connectivity index (χ2v) is 5.94. The lowest BCUT2D eigenvalue weighted by atomic mass is 10.1. The molecule has 0 saturated heterocycles. The smallest absolute Gasteiger partial charge is 0.336 e. The third-order valence-electron chi connectivity index (χ3n) is 3.49. The van der Waals surface area contributed by atoms with Gasteiger partial charge in [-0.15, -0.1) is 5.10 Å². The van der Waals surface area contributed by atoms with Gasteiger partial charge in [0.25, 0.3) is 5.78 Å². The van der Waals surface area contributed by atoms with Crippen LogP contribution in [0, 0.1) is 0 Å². The van der Waals surface area contributed by atoms with Crippen molar-refractivity contribution in [1.29, 1.82) is 0 Å². The van der Waals surface area contributed by atoms with Gasteiger partial charge in [-0.1, -0.05) is 11.8 Å². The normalized spacial score (nSPS) is 11.2. The minimum Gasteiger partial charge on any atom is -0.497 e. The number of hydrogen-bond acceptors (Lipinski definition) is 7. The molecule has 1 aromatic carbocycles. The molecule has 3 heterocycles. The van der Waals surface area contributed by atoms with Crippen LogP contribution in [0.3, 0.4) is 0 Å². The first-order valence-corrected chi connectivity index (χ1v) is 8.12. The zero-order valence-electron chi connectivity index (χ0n) is 12.7. The summed E-state index contributed by atoms with van der Waals surface area (Å²) in [6.45, 7) is 0. The van der Waals surface area contributed by atoms with Crippen molar-refractivity contribution in [3.63, 3.8) is 0 Å². The Morgan fingerprint density at radius 1 is 1.33 bits per heavy atom. The molecule has 0 fully saturated rings. The minimum absolute atomic E-state index is 0.393. The van der Waals surface area contributed by atoms with Gasteiger partial charge in [-0.3, -0.25) is 0 Å². The maximum atomic E-state index is 11.8. The van der Waals surface area contributed by atoms with E-state index in [9.17, 15) is 4.79 Å². The largest absolute Gasteiger partial charge is 0.497 e. The Balaban J connectivity index is 1.67. The van der Waals surface area contributed by atoms with Crippen molar-refractivity contribution in [2.75, 3.05) is 7.11 Å². The maximum Gasteiger partial charge on any atom is 0.336 e. The molecule has 0 bridgehead atoms. The molecule has 0 saturated carbocycles. The molecular weight excluding hydrogens is 328 g/mol. The van der Waals surface area contributed by atoms with Crippen LogP contribution in [0.5, 0.6) is 5.75 Å². The first-order chi connectivity index (χ1) is 11.7. The van der Waals surface area contributed by atoms with Crippen molar-refractivity contribution in [1.82, 2.24) is 19.6 Å². The number of fused-ring (bicyclic) bond motifs is 2. The molecule has 0 radical (unpaired) electrons. The van der Waals surface area contributed by atoms with Gasteiger partial charge in [0, 0.05) is 35.7 Å². The summed E-state index contributed by atoms with van der Waals surface area (Å²) in [6, 6.07) is 8.71. The fraction of sp³-hybridized carbons (Fsp3) is 0.125. The number of benzene rings is 1. The van der Waals surface area contributed by atoms with E-state index in [0.29, 0.717) is 28.0 Å². The number of aromatic nitrogens is 4. The molecule has 0 aliphatic carbocycles. The van der Waals surface area contributed by atoms with E-state index in [0.717, 1.165) is 10.9 Å². The van der Waals surface area contributed by atoms with Crippen molar-refractivity contribution in [3.8, 4) is 5.75 Å². The van der Waals surface area contributed by atoms with Gasteiger partial charge in [-0.2, -0.15) is 4.98 Å². The lowest BCUT2D eigenvalue weighted by molar-refractivity contribution is 0.414. The number of nitrogens with zero attached hydrogens (tertiary/aromatic N) is 4. The SMILES string of the molecule is COc1ccc2c(CSc3nc4ncccn4n3)cc(=O)oc2c1. The van der Waals surface area contributed by atoms with Crippen LogP contribution in [0.1, 0.15) is 5.56 Å². The van der Waals surface area contributed by atoms with E-state index in [1.807, 2.05) is 12.1 Å². The van der Waals surface area contributed by atoms with Crippen LogP contribution in [-0.4, -0.2) is 26.7 Å². The second-order valence-electron chi connectivity index (χ2n) is 5.00. The predicted molar refractivity (Wildman–Crippen MR) is 89.4 cm³/mol. The first-order valence-electron chi connectivity index (χ1n) is 7.14. The van der Waals surface area contributed by atoms with Crippen LogP contribution in [-0.2, 0) is 5.75 Å². The van der Waals surface area contributed by atoms with Gasteiger partial charge < -0.3 is 9.15 Å². The van der Waals surface area contributed by atoms with Crippen LogP contribution in [0.4, 0.5) is 0 Å². The van der Waals surface area contributed by atoms with Crippen LogP contribution in [0.15, 0.2) is 57.1 Å². The average molecular weight is 340 g/mol. The zero-order chi connectivity index (χ0) is 16.5. The topological polar surface area (TPSA) is 82.5 Å². The minimum atomic E-state index is -0.393. The molecule has 0 atom stereocenters. The number of thioether (sulfide) groups is 1. The molecule has 0 amide bonds. The van der Waals surface area contributed by atoms with Gasteiger partial charge in [0.15, 0.2) is 0 Å². The third kappa shape index (κ3) is 2.71. The van der Waals surface area contributed by atoms with Crippen molar-refractivity contribution >= 4 is 28.5 Å². The van der Waals surface area contributed by atoms with E-state index < -0.39 is 5.63 Å². The molecule has 0 aliphatic rings. The standard InChI is InChI=1S/C16H12N4O3S/c1-22-11-3-4-12-10(7-14(21)23-13(12)8-11)9-24-16-18-15-17-5-2-6-20(15)19-16/h2-8H,9H2,1H3. The van der Waals surface area contributed by atoms with Gasteiger partial charge in [0.05, 0.1) is 7.11 Å². The van der Waals surface area contributed by atoms with Crippen molar-refractivity contribution in [2.45, 2.75) is 10.9 Å². The average Bonchev–Trinajstić information content (AvgIpc) is 3.01. The molecule has 4 rings (SSSR count). The number of hydrogen-bond donors (Lipinski definition) is 0.